The van der Waals surface area contributed by atoms with Crippen LogP contribution < -0.4 is 5.73 Å². The Morgan fingerprint density at radius 2 is 1.88 bits per heavy atom. The maximum Gasteiger partial charge on any atom is 0.0728 e. The van der Waals surface area contributed by atoms with Crippen LogP contribution in [-0.4, -0.2) is 18.8 Å². The SMILES string of the molecule is CCC(C)(C)C1CCC(N)C(OCC2CC2)C1. The Hall–Kier alpha value is -0.0800. The van der Waals surface area contributed by atoms with E-state index in [0.717, 1.165) is 24.9 Å². The minimum Gasteiger partial charge on any atom is -0.376 e. The lowest BCUT2D eigenvalue weighted by Crippen LogP contribution is -2.45. The van der Waals surface area contributed by atoms with Crippen LogP contribution in [0.4, 0.5) is 0 Å². The fraction of sp³-hybridized carbons (Fsp3) is 1.00. The molecule has 0 amide bonds. The van der Waals surface area contributed by atoms with E-state index in [-0.39, 0.29) is 6.04 Å². The van der Waals surface area contributed by atoms with Gasteiger partial charge in [-0.15, -0.1) is 0 Å². The highest BCUT2D eigenvalue weighted by molar-refractivity contribution is 4.89. The van der Waals surface area contributed by atoms with E-state index in [1.165, 1.54) is 32.1 Å². The van der Waals surface area contributed by atoms with E-state index in [0.29, 0.717) is 11.5 Å². The summed E-state index contributed by atoms with van der Waals surface area (Å²) in [6, 6.07) is 0.276. The van der Waals surface area contributed by atoms with Gasteiger partial charge < -0.3 is 10.5 Å². The van der Waals surface area contributed by atoms with Gasteiger partial charge in [-0.2, -0.15) is 0 Å². The van der Waals surface area contributed by atoms with Crippen molar-refractivity contribution in [3.05, 3.63) is 0 Å². The zero-order chi connectivity index (χ0) is 12.5. The Morgan fingerprint density at radius 1 is 1.18 bits per heavy atom. The Kier molecular flexibility index (Phi) is 4.14. The molecule has 3 atom stereocenters. The van der Waals surface area contributed by atoms with Crippen LogP contribution in [0.15, 0.2) is 0 Å². The van der Waals surface area contributed by atoms with Gasteiger partial charge in [-0.05, 0) is 49.4 Å². The molecule has 2 fully saturated rings. The van der Waals surface area contributed by atoms with Crippen molar-refractivity contribution >= 4 is 0 Å². The van der Waals surface area contributed by atoms with Crippen molar-refractivity contribution in [1.29, 1.82) is 0 Å². The molecule has 2 aliphatic rings. The van der Waals surface area contributed by atoms with Gasteiger partial charge in [0, 0.05) is 12.6 Å². The molecular weight excluding hydrogens is 210 g/mol. The van der Waals surface area contributed by atoms with E-state index in [9.17, 15) is 0 Å². The molecular formula is C15H29NO. The molecule has 2 saturated carbocycles. The second kappa shape index (κ2) is 5.27. The normalized spacial score (nSPS) is 34.9. The predicted molar refractivity (Wildman–Crippen MR) is 71.9 cm³/mol. The second-order valence-corrected chi connectivity index (χ2v) is 6.83. The molecule has 2 nitrogen and oxygen atoms in total. The molecule has 3 unspecified atom stereocenters. The number of hydrogen-bond donors (Lipinski definition) is 1. The first-order chi connectivity index (χ1) is 8.03. The fourth-order valence-corrected chi connectivity index (χ4v) is 2.89. The molecule has 0 radical (unpaired) electrons. The molecule has 100 valence electrons. The minimum atomic E-state index is 0.276. The maximum absolute atomic E-state index is 6.21. The van der Waals surface area contributed by atoms with Crippen LogP contribution in [0, 0.1) is 17.3 Å². The third-order valence-corrected chi connectivity index (χ3v) is 5.10. The standard InChI is InChI=1S/C15H29NO/c1-4-15(2,3)12-7-8-13(16)14(9-12)17-10-11-5-6-11/h11-14H,4-10,16H2,1-3H3. The van der Waals surface area contributed by atoms with Gasteiger partial charge in [-0.1, -0.05) is 27.2 Å². The molecule has 0 aliphatic heterocycles. The largest absolute Gasteiger partial charge is 0.376 e. The van der Waals surface area contributed by atoms with Crippen LogP contribution in [0.5, 0.6) is 0 Å². The van der Waals surface area contributed by atoms with E-state index in [4.69, 9.17) is 10.5 Å². The first-order valence-electron chi connectivity index (χ1n) is 7.40. The van der Waals surface area contributed by atoms with Gasteiger partial charge in [-0.3, -0.25) is 0 Å². The van der Waals surface area contributed by atoms with Crippen LogP contribution in [0.3, 0.4) is 0 Å². The van der Waals surface area contributed by atoms with Gasteiger partial charge in [0.15, 0.2) is 0 Å². The summed E-state index contributed by atoms with van der Waals surface area (Å²) in [5.74, 6) is 1.64. The van der Waals surface area contributed by atoms with Crippen LogP contribution in [-0.2, 0) is 4.74 Å². The van der Waals surface area contributed by atoms with Crippen LogP contribution in [0.25, 0.3) is 0 Å². The number of ether oxygens (including phenoxy) is 1. The third-order valence-electron chi connectivity index (χ3n) is 5.10. The summed E-state index contributed by atoms with van der Waals surface area (Å²) >= 11 is 0. The summed E-state index contributed by atoms with van der Waals surface area (Å²) in [5.41, 5.74) is 6.65. The molecule has 2 heteroatoms. The van der Waals surface area contributed by atoms with E-state index < -0.39 is 0 Å². The lowest BCUT2D eigenvalue weighted by molar-refractivity contribution is -0.0265. The van der Waals surface area contributed by atoms with Gasteiger partial charge >= 0.3 is 0 Å². The first-order valence-corrected chi connectivity index (χ1v) is 7.40. The summed E-state index contributed by atoms with van der Waals surface area (Å²) in [5, 5.41) is 0. The van der Waals surface area contributed by atoms with Gasteiger partial charge in [0.25, 0.3) is 0 Å². The van der Waals surface area contributed by atoms with E-state index in [1.807, 2.05) is 0 Å². The third kappa shape index (κ3) is 3.45. The highest BCUT2D eigenvalue weighted by Gasteiger charge is 2.37. The second-order valence-electron chi connectivity index (χ2n) is 6.83. The van der Waals surface area contributed by atoms with Gasteiger partial charge in [0.05, 0.1) is 6.10 Å². The lowest BCUT2D eigenvalue weighted by atomic mass is 9.68. The van der Waals surface area contributed by atoms with Crippen LogP contribution >= 0.6 is 0 Å². The first kappa shape index (κ1) is 13.4. The highest BCUT2D eigenvalue weighted by atomic mass is 16.5. The fourth-order valence-electron chi connectivity index (χ4n) is 2.89. The molecule has 17 heavy (non-hydrogen) atoms. The molecule has 2 N–H and O–H groups in total. The molecule has 2 aliphatic carbocycles. The van der Waals surface area contributed by atoms with E-state index >= 15 is 0 Å². The van der Waals surface area contributed by atoms with Crippen LogP contribution in [0.2, 0.25) is 0 Å². The highest BCUT2D eigenvalue weighted by Crippen LogP contribution is 2.41. The van der Waals surface area contributed by atoms with Gasteiger partial charge in [0.2, 0.25) is 0 Å². The van der Waals surface area contributed by atoms with Crippen molar-refractivity contribution in [1.82, 2.24) is 0 Å². The molecule has 0 spiro atoms. The van der Waals surface area contributed by atoms with Crippen molar-refractivity contribution in [3.63, 3.8) is 0 Å². The van der Waals surface area contributed by atoms with Crippen molar-refractivity contribution in [3.8, 4) is 0 Å². The summed E-state index contributed by atoms with van der Waals surface area (Å²) < 4.78 is 6.06. The maximum atomic E-state index is 6.21. The van der Waals surface area contributed by atoms with E-state index in [1.54, 1.807) is 0 Å². The summed E-state index contributed by atoms with van der Waals surface area (Å²) in [4.78, 5) is 0. The Balaban J connectivity index is 1.86. The number of rotatable bonds is 5. The van der Waals surface area contributed by atoms with E-state index in [2.05, 4.69) is 20.8 Å². The molecule has 0 saturated heterocycles. The molecule has 0 heterocycles. The predicted octanol–water partition coefficient (Wildman–Crippen LogP) is 3.35. The summed E-state index contributed by atoms with van der Waals surface area (Å²) in [7, 11) is 0. The van der Waals surface area contributed by atoms with Gasteiger partial charge in [0.1, 0.15) is 0 Å². The smallest absolute Gasteiger partial charge is 0.0728 e. The summed E-state index contributed by atoms with van der Waals surface area (Å²) in [6.45, 7) is 8.05. The topological polar surface area (TPSA) is 35.2 Å². The Bertz CT molecular complexity index is 247. The Morgan fingerprint density at radius 3 is 2.47 bits per heavy atom. The zero-order valence-corrected chi connectivity index (χ0v) is 11.7. The zero-order valence-electron chi connectivity index (χ0n) is 11.7. The van der Waals surface area contributed by atoms with Crippen molar-refractivity contribution in [2.24, 2.45) is 23.0 Å². The molecule has 0 aromatic rings. The van der Waals surface area contributed by atoms with Crippen LogP contribution in [0.1, 0.15) is 59.3 Å². The average molecular weight is 239 g/mol. The summed E-state index contributed by atoms with van der Waals surface area (Å²) in [6.07, 6.45) is 7.91. The van der Waals surface area contributed by atoms with Crippen molar-refractivity contribution in [2.45, 2.75) is 71.4 Å². The monoisotopic (exact) mass is 239 g/mol. The minimum absolute atomic E-state index is 0.276. The van der Waals surface area contributed by atoms with Crippen molar-refractivity contribution < 1.29 is 4.74 Å². The molecule has 2 rings (SSSR count). The lowest BCUT2D eigenvalue weighted by Gasteiger charge is -2.42. The quantitative estimate of drug-likeness (QED) is 0.798. The molecule has 0 bridgehead atoms. The number of hydrogen-bond acceptors (Lipinski definition) is 2. The Labute approximate surface area is 106 Å². The average Bonchev–Trinajstić information content (AvgIpc) is 3.11. The molecule has 0 aromatic carbocycles. The van der Waals surface area contributed by atoms with Gasteiger partial charge in [-0.25, -0.2) is 0 Å². The number of nitrogens with two attached hydrogens (primary N) is 1. The van der Waals surface area contributed by atoms with Crippen molar-refractivity contribution in [2.75, 3.05) is 6.61 Å². The molecule has 0 aromatic heterocycles.